The lowest BCUT2D eigenvalue weighted by atomic mass is 9.99. The molecule has 2 atom stereocenters. The molecule has 0 spiro atoms. The lowest BCUT2D eigenvalue weighted by Crippen LogP contribution is -2.43. The average Bonchev–Trinajstić information content (AvgIpc) is 3.12. The average molecular weight is 529 g/mol. The van der Waals surface area contributed by atoms with E-state index in [9.17, 15) is 4.79 Å². The molecule has 3 rings (SSSR count). The molecule has 1 aromatic carbocycles. The third kappa shape index (κ3) is 6.55. The van der Waals surface area contributed by atoms with E-state index >= 15 is 0 Å². The van der Waals surface area contributed by atoms with Gasteiger partial charge in [-0.2, -0.15) is 0 Å². The SMILES string of the molecule is CN=C(NCc1ccc(CN2CCN(C)CC2)cc1)N1CC(C)C(C(=O)OC)C1.I. The van der Waals surface area contributed by atoms with Gasteiger partial charge in [0.05, 0.1) is 13.0 Å². The number of hydrogen-bond acceptors (Lipinski definition) is 5. The fourth-order valence-electron chi connectivity index (χ4n) is 4.14. The molecule has 2 heterocycles. The van der Waals surface area contributed by atoms with E-state index < -0.39 is 0 Å². The summed E-state index contributed by atoms with van der Waals surface area (Å²) >= 11 is 0. The van der Waals surface area contributed by atoms with Crippen LogP contribution in [0.3, 0.4) is 0 Å². The minimum atomic E-state index is -0.133. The van der Waals surface area contributed by atoms with Gasteiger partial charge in [0.2, 0.25) is 0 Å². The van der Waals surface area contributed by atoms with Gasteiger partial charge in [0.25, 0.3) is 0 Å². The van der Waals surface area contributed by atoms with Gasteiger partial charge in [0, 0.05) is 59.4 Å². The van der Waals surface area contributed by atoms with E-state index in [1.807, 2.05) is 0 Å². The number of nitrogens with zero attached hydrogens (tertiary/aromatic N) is 4. The minimum absolute atomic E-state index is 0. The zero-order valence-electron chi connectivity index (χ0n) is 18.6. The number of halogens is 1. The first-order valence-corrected chi connectivity index (χ1v) is 10.5. The van der Waals surface area contributed by atoms with Crippen LogP contribution >= 0.6 is 24.0 Å². The summed E-state index contributed by atoms with van der Waals surface area (Å²) in [6, 6.07) is 8.83. The van der Waals surface area contributed by atoms with Gasteiger partial charge >= 0.3 is 5.97 Å². The Morgan fingerprint density at radius 2 is 1.77 bits per heavy atom. The molecule has 1 N–H and O–H groups in total. The van der Waals surface area contributed by atoms with Gasteiger partial charge in [-0.3, -0.25) is 14.7 Å². The van der Waals surface area contributed by atoms with Gasteiger partial charge in [-0.05, 0) is 24.1 Å². The van der Waals surface area contributed by atoms with Crippen LogP contribution in [0.25, 0.3) is 0 Å². The van der Waals surface area contributed by atoms with Crippen LogP contribution in [0.5, 0.6) is 0 Å². The second-order valence-corrected chi connectivity index (χ2v) is 8.31. The normalized spacial score (nSPS) is 23.2. The Bertz CT molecular complexity index is 704. The van der Waals surface area contributed by atoms with E-state index in [0.717, 1.165) is 51.8 Å². The second kappa shape index (κ2) is 11.9. The summed E-state index contributed by atoms with van der Waals surface area (Å²) < 4.78 is 4.93. The number of methoxy groups -OCH3 is 1. The maximum absolute atomic E-state index is 11.9. The number of likely N-dealkylation sites (N-methyl/N-ethyl adjacent to an activating group) is 1. The topological polar surface area (TPSA) is 60.4 Å². The highest BCUT2D eigenvalue weighted by Gasteiger charge is 2.36. The molecule has 7 nitrogen and oxygen atoms in total. The molecule has 2 aliphatic rings. The monoisotopic (exact) mass is 529 g/mol. The van der Waals surface area contributed by atoms with Gasteiger partial charge in [0.15, 0.2) is 5.96 Å². The van der Waals surface area contributed by atoms with Crippen molar-refractivity contribution in [3.05, 3.63) is 35.4 Å². The van der Waals surface area contributed by atoms with Crippen LogP contribution < -0.4 is 5.32 Å². The predicted molar refractivity (Wildman–Crippen MR) is 131 cm³/mol. The summed E-state index contributed by atoms with van der Waals surface area (Å²) in [7, 11) is 5.43. The Morgan fingerprint density at radius 3 is 2.37 bits per heavy atom. The molecular weight excluding hydrogens is 493 g/mol. The number of esters is 1. The molecule has 2 fully saturated rings. The molecule has 1 aromatic rings. The molecule has 0 saturated carbocycles. The zero-order valence-corrected chi connectivity index (χ0v) is 21.0. The maximum Gasteiger partial charge on any atom is 0.310 e. The third-order valence-corrected chi connectivity index (χ3v) is 6.10. The molecule has 8 heteroatoms. The standard InChI is InChI=1S/C22H35N5O2.HI/c1-17-14-27(16-20(17)21(28)29-4)22(23-2)24-13-18-5-7-19(8-6-18)15-26-11-9-25(3)10-12-26;/h5-8,17,20H,9-16H2,1-4H3,(H,23,24);1H. The molecule has 0 bridgehead atoms. The summed E-state index contributed by atoms with van der Waals surface area (Å²) in [5.74, 6) is 0.874. The van der Waals surface area contributed by atoms with E-state index in [-0.39, 0.29) is 41.8 Å². The number of carbonyl (C=O) groups excluding carboxylic acids is 1. The summed E-state index contributed by atoms with van der Waals surface area (Å²) in [5, 5.41) is 3.44. The van der Waals surface area contributed by atoms with Gasteiger partial charge in [-0.1, -0.05) is 31.2 Å². The molecule has 2 aliphatic heterocycles. The van der Waals surface area contributed by atoms with Crippen molar-refractivity contribution in [2.45, 2.75) is 20.0 Å². The lowest BCUT2D eigenvalue weighted by Gasteiger charge is -2.32. The van der Waals surface area contributed by atoms with Crippen LogP contribution in [-0.2, 0) is 22.6 Å². The molecule has 0 radical (unpaired) electrons. The Kier molecular flexibility index (Phi) is 9.83. The smallest absolute Gasteiger partial charge is 0.310 e. The number of nitrogens with one attached hydrogen (secondary N) is 1. The number of guanidine groups is 1. The molecule has 2 unspecified atom stereocenters. The zero-order chi connectivity index (χ0) is 20.8. The number of benzene rings is 1. The summed E-state index contributed by atoms with van der Waals surface area (Å²) in [6.45, 7) is 9.85. The maximum atomic E-state index is 11.9. The van der Waals surface area contributed by atoms with Crippen LogP contribution in [0.15, 0.2) is 29.3 Å². The van der Waals surface area contributed by atoms with Gasteiger partial charge < -0.3 is 19.9 Å². The number of piperazine rings is 1. The van der Waals surface area contributed by atoms with E-state index in [1.54, 1.807) is 7.05 Å². The minimum Gasteiger partial charge on any atom is -0.469 e. The predicted octanol–water partition coefficient (Wildman–Crippen LogP) is 1.87. The van der Waals surface area contributed by atoms with E-state index in [4.69, 9.17) is 4.74 Å². The summed E-state index contributed by atoms with van der Waals surface area (Å²) in [5.41, 5.74) is 2.59. The Morgan fingerprint density at radius 1 is 1.13 bits per heavy atom. The molecule has 168 valence electrons. The summed E-state index contributed by atoms with van der Waals surface area (Å²) in [4.78, 5) is 23.4. The second-order valence-electron chi connectivity index (χ2n) is 8.31. The number of likely N-dealkylation sites (tertiary alicyclic amines) is 1. The van der Waals surface area contributed by atoms with Gasteiger partial charge in [-0.25, -0.2) is 0 Å². The van der Waals surface area contributed by atoms with Crippen LogP contribution in [0.4, 0.5) is 0 Å². The van der Waals surface area contributed by atoms with Crippen LogP contribution in [-0.4, -0.2) is 87.1 Å². The fourth-order valence-corrected chi connectivity index (χ4v) is 4.14. The number of carbonyl (C=O) groups is 1. The van der Waals surface area contributed by atoms with Crippen LogP contribution in [0.1, 0.15) is 18.1 Å². The first kappa shape index (κ1) is 24.9. The largest absolute Gasteiger partial charge is 0.469 e. The highest BCUT2D eigenvalue weighted by molar-refractivity contribution is 14.0. The number of hydrogen-bond donors (Lipinski definition) is 1. The van der Waals surface area contributed by atoms with Crippen molar-refractivity contribution < 1.29 is 9.53 Å². The highest BCUT2D eigenvalue weighted by Crippen LogP contribution is 2.24. The molecule has 0 aliphatic carbocycles. The molecule has 0 aromatic heterocycles. The molecule has 0 amide bonds. The Balaban J connectivity index is 0.00000320. The Hall–Kier alpha value is -1.39. The first-order chi connectivity index (χ1) is 14.0. The molecule has 2 saturated heterocycles. The van der Waals surface area contributed by atoms with Crippen molar-refractivity contribution >= 4 is 35.9 Å². The number of rotatable bonds is 5. The van der Waals surface area contributed by atoms with E-state index in [1.165, 1.54) is 18.2 Å². The third-order valence-electron chi connectivity index (χ3n) is 6.10. The fraction of sp³-hybridized carbons (Fsp3) is 0.636. The van der Waals surface area contributed by atoms with Crippen molar-refractivity contribution in [2.75, 3.05) is 60.5 Å². The molecular formula is C22H36IN5O2. The van der Waals surface area contributed by atoms with Gasteiger partial charge in [0.1, 0.15) is 0 Å². The Labute approximate surface area is 197 Å². The lowest BCUT2D eigenvalue weighted by molar-refractivity contribution is -0.145. The van der Waals surface area contributed by atoms with Gasteiger partial charge in [-0.15, -0.1) is 24.0 Å². The van der Waals surface area contributed by atoms with Crippen molar-refractivity contribution in [1.29, 1.82) is 0 Å². The number of aliphatic imine (C=N–C) groups is 1. The quantitative estimate of drug-likeness (QED) is 0.272. The van der Waals surface area contributed by atoms with E-state index in [0.29, 0.717) is 6.54 Å². The van der Waals surface area contributed by atoms with Crippen molar-refractivity contribution in [3.63, 3.8) is 0 Å². The van der Waals surface area contributed by atoms with Crippen LogP contribution in [0, 0.1) is 11.8 Å². The van der Waals surface area contributed by atoms with Crippen molar-refractivity contribution in [3.8, 4) is 0 Å². The van der Waals surface area contributed by atoms with Crippen LogP contribution in [0.2, 0.25) is 0 Å². The highest BCUT2D eigenvalue weighted by atomic mass is 127. The van der Waals surface area contributed by atoms with Crippen molar-refractivity contribution in [2.24, 2.45) is 16.8 Å². The van der Waals surface area contributed by atoms with E-state index in [2.05, 4.69) is 63.2 Å². The first-order valence-electron chi connectivity index (χ1n) is 10.5. The van der Waals surface area contributed by atoms with Crippen molar-refractivity contribution in [1.82, 2.24) is 20.0 Å². The number of ether oxygens (including phenoxy) is 1. The molecule has 30 heavy (non-hydrogen) atoms. The summed E-state index contributed by atoms with van der Waals surface area (Å²) in [6.07, 6.45) is 0.